The highest BCUT2D eigenvalue weighted by Gasteiger charge is 2.07. The Bertz CT molecular complexity index is 617. The lowest BCUT2D eigenvalue weighted by atomic mass is 10.2. The zero-order chi connectivity index (χ0) is 14.0. The summed E-state index contributed by atoms with van der Waals surface area (Å²) in [5, 5.41) is 3.87. The second-order valence-electron chi connectivity index (χ2n) is 4.04. The molecule has 2 aromatic rings. The summed E-state index contributed by atoms with van der Waals surface area (Å²) in [7, 11) is 0. The first-order valence-electron chi connectivity index (χ1n) is 5.54. The lowest BCUT2D eigenvalue weighted by Gasteiger charge is -2.11. The van der Waals surface area contributed by atoms with E-state index in [9.17, 15) is 0 Å². The van der Waals surface area contributed by atoms with Crippen molar-refractivity contribution in [3.8, 4) is 0 Å². The van der Waals surface area contributed by atoms with Crippen molar-refractivity contribution >= 4 is 44.9 Å². The Labute approximate surface area is 124 Å². The van der Waals surface area contributed by atoms with E-state index in [-0.39, 0.29) is 0 Å². The first kappa shape index (κ1) is 14.0. The fourth-order valence-corrected chi connectivity index (χ4v) is 2.31. The van der Waals surface area contributed by atoms with Gasteiger partial charge in [0.1, 0.15) is 17.5 Å². The van der Waals surface area contributed by atoms with E-state index in [1.807, 2.05) is 19.1 Å². The summed E-state index contributed by atoms with van der Waals surface area (Å²) in [6.07, 6.45) is 0. The molecule has 0 unspecified atom stereocenters. The highest BCUT2D eigenvalue weighted by atomic mass is 79.9. The standard InChI is InChI=1S/C12H13BrClN5/c1-6-3-8(13)10(4-9(6)14)18-11-5-12(19-15)17-7(2)16-11/h3-5H,15H2,1-2H3,(H2,16,17,18,19). The van der Waals surface area contributed by atoms with Crippen LogP contribution in [0, 0.1) is 13.8 Å². The average Bonchev–Trinajstić information content (AvgIpc) is 2.35. The monoisotopic (exact) mass is 341 g/mol. The number of aryl methyl sites for hydroxylation is 2. The molecule has 0 bridgehead atoms. The summed E-state index contributed by atoms with van der Waals surface area (Å²) in [6.45, 7) is 3.74. The molecule has 0 saturated carbocycles. The highest BCUT2D eigenvalue weighted by molar-refractivity contribution is 9.10. The third-order valence-electron chi connectivity index (χ3n) is 2.50. The molecule has 0 aliphatic heterocycles. The summed E-state index contributed by atoms with van der Waals surface area (Å²) >= 11 is 9.60. The van der Waals surface area contributed by atoms with Gasteiger partial charge in [0.2, 0.25) is 0 Å². The topological polar surface area (TPSA) is 75.9 Å². The third-order valence-corrected chi connectivity index (χ3v) is 3.56. The maximum absolute atomic E-state index is 6.12. The van der Waals surface area contributed by atoms with Crippen LogP contribution >= 0.6 is 27.5 Å². The number of hydrogen-bond acceptors (Lipinski definition) is 5. The zero-order valence-electron chi connectivity index (χ0n) is 10.5. The van der Waals surface area contributed by atoms with E-state index in [1.165, 1.54) is 0 Å². The van der Waals surface area contributed by atoms with Gasteiger partial charge in [0.05, 0.1) is 5.69 Å². The van der Waals surface area contributed by atoms with Gasteiger partial charge in [-0.1, -0.05) is 11.6 Å². The smallest absolute Gasteiger partial charge is 0.145 e. The molecule has 1 aromatic heterocycles. The molecule has 0 spiro atoms. The van der Waals surface area contributed by atoms with E-state index in [4.69, 9.17) is 17.4 Å². The van der Waals surface area contributed by atoms with E-state index < -0.39 is 0 Å². The molecule has 0 saturated heterocycles. The number of anilines is 3. The Morgan fingerprint density at radius 3 is 2.53 bits per heavy atom. The molecule has 5 nitrogen and oxygen atoms in total. The van der Waals surface area contributed by atoms with Gasteiger partial charge in [-0.2, -0.15) is 0 Å². The number of nitrogen functional groups attached to an aromatic ring is 1. The molecule has 0 atom stereocenters. The Morgan fingerprint density at radius 1 is 1.16 bits per heavy atom. The van der Waals surface area contributed by atoms with Gasteiger partial charge < -0.3 is 10.7 Å². The number of benzene rings is 1. The van der Waals surface area contributed by atoms with Crippen LogP contribution in [0.4, 0.5) is 17.3 Å². The van der Waals surface area contributed by atoms with E-state index in [0.29, 0.717) is 22.5 Å². The molecule has 1 heterocycles. The number of nitrogens with one attached hydrogen (secondary N) is 2. The molecule has 0 amide bonds. The number of hydrogen-bond donors (Lipinski definition) is 3. The summed E-state index contributed by atoms with van der Waals surface area (Å²) in [4.78, 5) is 8.41. The van der Waals surface area contributed by atoms with Crippen LogP contribution in [0.15, 0.2) is 22.7 Å². The van der Waals surface area contributed by atoms with Gasteiger partial charge in [0.25, 0.3) is 0 Å². The van der Waals surface area contributed by atoms with Crippen LogP contribution in [-0.4, -0.2) is 9.97 Å². The minimum atomic E-state index is 0.546. The summed E-state index contributed by atoms with van der Waals surface area (Å²) in [5.74, 6) is 7.16. The van der Waals surface area contributed by atoms with E-state index >= 15 is 0 Å². The first-order chi connectivity index (χ1) is 8.99. The first-order valence-corrected chi connectivity index (χ1v) is 6.71. The molecule has 0 aliphatic carbocycles. The lowest BCUT2D eigenvalue weighted by Crippen LogP contribution is -2.10. The van der Waals surface area contributed by atoms with Gasteiger partial charge in [-0.15, -0.1) is 0 Å². The quantitative estimate of drug-likeness (QED) is 0.587. The second kappa shape index (κ2) is 5.73. The highest BCUT2D eigenvalue weighted by Crippen LogP contribution is 2.31. The molecule has 0 fully saturated rings. The van der Waals surface area contributed by atoms with Gasteiger partial charge in [0, 0.05) is 15.6 Å². The predicted molar refractivity (Wildman–Crippen MR) is 81.8 cm³/mol. The van der Waals surface area contributed by atoms with Crippen molar-refractivity contribution in [1.29, 1.82) is 0 Å². The third kappa shape index (κ3) is 3.34. The zero-order valence-corrected chi connectivity index (χ0v) is 12.8. The molecule has 0 aliphatic rings. The molecule has 0 radical (unpaired) electrons. The van der Waals surface area contributed by atoms with Crippen LogP contribution in [0.25, 0.3) is 0 Å². The van der Waals surface area contributed by atoms with Crippen molar-refractivity contribution in [2.45, 2.75) is 13.8 Å². The number of aromatic nitrogens is 2. The van der Waals surface area contributed by atoms with Gasteiger partial charge >= 0.3 is 0 Å². The summed E-state index contributed by atoms with van der Waals surface area (Å²) < 4.78 is 0.910. The van der Waals surface area contributed by atoms with E-state index in [1.54, 1.807) is 13.0 Å². The van der Waals surface area contributed by atoms with E-state index in [0.717, 1.165) is 15.7 Å². The number of rotatable bonds is 3. The van der Waals surface area contributed by atoms with Crippen LogP contribution in [0.2, 0.25) is 5.02 Å². The molecule has 1 aromatic carbocycles. The molecule has 7 heteroatoms. The summed E-state index contributed by atoms with van der Waals surface area (Å²) in [5.41, 5.74) is 4.33. The van der Waals surface area contributed by atoms with Crippen LogP contribution < -0.4 is 16.6 Å². The predicted octanol–water partition coefficient (Wildman–Crippen LogP) is 3.54. The Hall–Kier alpha value is -1.37. The van der Waals surface area contributed by atoms with Crippen molar-refractivity contribution in [1.82, 2.24) is 9.97 Å². The number of halogens is 2. The SMILES string of the molecule is Cc1nc(NN)cc(Nc2cc(Cl)c(C)cc2Br)n1. The Balaban J connectivity index is 2.36. The molecule has 2 rings (SSSR count). The molecule has 19 heavy (non-hydrogen) atoms. The van der Waals surface area contributed by atoms with Crippen LogP contribution in [0.1, 0.15) is 11.4 Å². The van der Waals surface area contributed by atoms with Crippen molar-refractivity contribution in [3.63, 3.8) is 0 Å². The van der Waals surface area contributed by atoms with Crippen LogP contribution in [0.5, 0.6) is 0 Å². The largest absolute Gasteiger partial charge is 0.339 e. The van der Waals surface area contributed by atoms with Crippen molar-refractivity contribution in [3.05, 3.63) is 39.1 Å². The van der Waals surface area contributed by atoms with Crippen molar-refractivity contribution in [2.75, 3.05) is 10.7 Å². The number of nitrogens with zero attached hydrogens (tertiary/aromatic N) is 2. The normalized spacial score (nSPS) is 10.4. The molecular formula is C12H13BrClN5. The molecule has 100 valence electrons. The summed E-state index contributed by atoms with van der Waals surface area (Å²) in [6, 6.07) is 5.50. The minimum absolute atomic E-state index is 0.546. The number of hydrazine groups is 1. The fraction of sp³-hybridized carbons (Fsp3) is 0.167. The van der Waals surface area contributed by atoms with Gasteiger partial charge in [-0.25, -0.2) is 15.8 Å². The van der Waals surface area contributed by atoms with Crippen LogP contribution in [0.3, 0.4) is 0 Å². The van der Waals surface area contributed by atoms with Crippen molar-refractivity contribution < 1.29 is 0 Å². The van der Waals surface area contributed by atoms with Gasteiger partial charge in [0.15, 0.2) is 0 Å². The average molecular weight is 343 g/mol. The van der Waals surface area contributed by atoms with Crippen LogP contribution in [-0.2, 0) is 0 Å². The molecule has 4 N–H and O–H groups in total. The van der Waals surface area contributed by atoms with Gasteiger partial charge in [-0.05, 0) is 47.5 Å². The van der Waals surface area contributed by atoms with Gasteiger partial charge in [-0.3, -0.25) is 0 Å². The Morgan fingerprint density at radius 2 is 1.84 bits per heavy atom. The van der Waals surface area contributed by atoms with Crippen molar-refractivity contribution in [2.24, 2.45) is 5.84 Å². The fourth-order valence-electron chi connectivity index (χ4n) is 1.59. The minimum Gasteiger partial charge on any atom is -0.339 e. The van der Waals surface area contributed by atoms with E-state index in [2.05, 4.69) is 36.6 Å². The second-order valence-corrected chi connectivity index (χ2v) is 5.30. The number of nitrogens with two attached hydrogens (primary N) is 1. The maximum atomic E-state index is 6.12. The Kier molecular flexibility index (Phi) is 4.24. The molecular weight excluding hydrogens is 330 g/mol. The lowest BCUT2D eigenvalue weighted by molar-refractivity contribution is 1.05. The maximum Gasteiger partial charge on any atom is 0.145 e.